The molecule has 3 rings (SSSR count). The Morgan fingerprint density at radius 3 is 2.77 bits per heavy atom. The first kappa shape index (κ1) is 15.4. The Morgan fingerprint density at radius 1 is 1.23 bits per heavy atom. The van der Waals surface area contributed by atoms with Gasteiger partial charge in [-0.15, -0.1) is 11.8 Å². The molecule has 0 unspecified atom stereocenters. The van der Waals surface area contributed by atoms with Crippen molar-refractivity contribution >= 4 is 11.8 Å². The zero-order valence-electron chi connectivity index (χ0n) is 11.9. The zero-order valence-corrected chi connectivity index (χ0v) is 12.7. The fourth-order valence-electron chi connectivity index (χ4n) is 2.22. The first-order chi connectivity index (χ1) is 10.5. The molecule has 2 aromatic heterocycles. The van der Waals surface area contributed by atoms with E-state index >= 15 is 0 Å². The van der Waals surface area contributed by atoms with Gasteiger partial charge in [0.05, 0.1) is 12.3 Å². The van der Waals surface area contributed by atoms with Gasteiger partial charge in [-0.1, -0.05) is 0 Å². The van der Waals surface area contributed by atoms with Crippen LogP contribution >= 0.6 is 11.8 Å². The Morgan fingerprint density at radius 2 is 2.05 bits per heavy atom. The molecule has 0 aromatic carbocycles. The summed E-state index contributed by atoms with van der Waals surface area (Å²) in [6, 6.07) is 5.47. The van der Waals surface area contributed by atoms with Crippen molar-refractivity contribution in [2.75, 3.05) is 5.75 Å². The third-order valence-corrected chi connectivity index (χ3v) is 4.68. The molecule has 6 nitrogen and oxygen atoms in total. The molecule has 0 saturated carbocycles. The number of pyridine rings is 1. The molecule has 0 aliphatic carbocycles. The minimum Gasteiger partial charge on any atom is -0.475 e. The van der Waals surface area contributed by atoms with Crippen LogP contribution in [0.3, 0.4) is 0 Å². The van der Waals surface area contributed by atoms with Crippen molar-refractivity contribution in [1.82, 2.24) is 4.98 Å². The molecule has 0 spiro atoms. The van der Waals surface area contributed by atoms with Gasteiger partial charge in [-0.2, -0.15) is 0 Å². The topological polar surface area (TPSA) is 96.0 Å². The van der Waals surface area contributed by atoms with E-state index in [0.29, 0.717) is 17.3 Å². The van der Waals surface area contributed by atoms with E-state index in [0.717, 1.165) is 11.3 Å². The second-order valence-corrected chi connectivity index (χ2v) is 6.32. The van der Waals surface area contributed by atoms with E-state index in [4.69, 9.17) is 9.15 Å². The quantitative estimate of drug-likeness (QED) is 0.780. The molecule has 118 valence electrons. The summed E-state index contributed by atoms with van der Waals surface area (Å²) in [5, 5.41) is 29.2. The van der Waals surface area contributed by atoms with E-state index in [1.165, 1.54) is 18.0 Å². The lowest BCUT2D eigenvalue weighted by molar-refractivity contribution is -0.0786. The van der Waals surface area contributed by atoms with Gasteiger partial charge in [0.1, 0.15) is 29.5 Å². The average Bonchev–Trinajstić information content (AvgIpc) is 2.95. The van der Waals surface area contributed by atoms with Crippen molar-refractivity contribution in [1.29, 1.82) is 0 Å². The van der Waals surface area contributed by atoms with Crippen LogP contribution in [-0.4, -0.2) is 49.8 Å². The number of ether oxygens (including phenoxy) is 1. The first-order valence-corrected chi connectivity index (χ1v) is 7.94. The molecule has 1 aliphatic heterocycles. The molecule has 1 aliphatic rings. The predicted octanol–water partition coefficient (Wildman–Crippen LogP) is 1.18. The molecule has 7 heteroatoms. The van der Waals surface area contributed by atoms with Gasteiger partial charge in [0.25, 0.3) is 0 Å². The molecular weight excluding hydrogens is 306 g/mol. The van der Waals surface area contributed by atoms with E-state index in [1.807, 2.05) is 19.1 Å². The largest absolute Gasteiger partial charge is 0.475 e. The number of aryl methyl sites for hydroxylation is 1. The van der Waals surface area contributed by atoms with E-state index in [2.05, 4.69) is 4.98 Å². The van der Waals surface area contributed by atoms with E-state index in [-0.39, 0.29) is 0 Å². The minimum absolute atomic E-state index is 0.299. The number of aliphatic hydroxyl groups excluding tert-OH is 3. The van der Waals surface area contributed by atoms with E-state index in [1.54, 1.807) is 12.3 Å². The highest BCUT2D eigenvalue weighted by atomic mass is 32.2. The number of aliphatic hydroxyl groups is 3. The number of furan rings is 1. The summed E-state index contributed by atoms with van der Waals surface area (Å²) in [4.78, 5) is 4.11. The Kier molecular flexibility index (Phi) is 4.39. The average molecular weight is 323 g/mol. The number of nitrogens with zero attached hydrogens (tertiary/aromatic N) is 1. The smallest absolute Gasteiger partial charge is 0.173 e. The maximum absolute atomic E-state index is 9.96. The Labute approximate surface area is 131 Å². The lowest BCUT2D eigenvalue weighted by Gasteiger charge is -2.34. The molecule has 3 N–H and O–H groups in total. The van der Waals surface area contributed by atoms with Crippen LogP contribution in [0.2, 0.25) is 0 Å². The Balaban J connectivity index is 1.76. The number of thioether (sulfide) groups is 1. The van der Waals surface area contributed by atoms with Crippen molar-refractivity contribution in [3.8, 4) is 17.1 Å². The van der Waals surface area contributed by atoms with Crippen LogP contribution in [0.5, 0.6) is 5.75 Å². The Hall–Kier alpha value is -1.54. The molecule has 22 heavy (non-hydrogen) atoms. The maximum atomic E-state index is 9.96. The number of aromatic nitrogens is 1. The maximum Gasteiger partial charge on any atom is 0.173 e. The minimum atomic E-state index is -1.21. The zero-order chi connectivity index (χ0) is 15.7. The Bertz CT molecular complexity index is 646. The van der Waals surface area contributed by atoms with Gasteiger partial charge in [-0.25, -0.2) is 0 Å². The van der Waals surface area contributed by atoms with Gasteiger partial charge in [-0.3, -0.25) is 4.98 Å². The van der Waals surface area contributed by atoms with Gasteiger partial charge < -0.3 is 24.5 Å². The second-order valence-electron chi connectivity index (χ2n) is 5.19. The summed E-state index contributed by atoms with van der Waals surface area (Å²) in [6.07, 6.45) is -0.133. The normalized spacial score (nSPS) is 28.5. The standard InChI is InChI=1S/C15H17NO5S/c1-8-2-3-12(20-8)9-4-10(6-16-5-9)21-15-14(19)13(18)11(17)7-22-15/h2-6,11,13-15,17-19H,7H2,1H3/t11-,13+,14-,15+/m1/s1. The summed E-state index contributed by atoms with van der Waals surface area (Å²) < 4.78 is 11.2. The third kappa shape index (κ3) is 3.12. The van der Waals surface area contributed by atoms with Crippen LogP contribution in [0.4, 0.5) is 0 Å². The highest BCUT2D eigenvalue weighted by Gasteiger charge is 2.38. The summed E-state index contributed by atoms with van der Waals surface area (Å²) in [5.41, 5.74) is 0.107. The van der Waals surface area contributed by atoms with Gasteiger partial charge >= 0.3 is 0 Å². The molecule has 3 heterocycles. The van der Waals surface area contributed by atoms with Crippen molar-refractivity contribution in [2.24, 2.45) is 0 Å². The van der Waals surface area contributed by atoms with E-state index in [9.17, 15) is 15.3 Å². The molecular formula is C15H17NO5S. The molecule has 0 bridgehead atoms. The fraction of sp³-hybridized carbons (Fsp3) is 0.400. The highest BCUT2D eigenvalue weighted by Crippen LogP contribution is 2.31. The molecule has 0 amide bonds. The van der Waals surface area contributed by atoms with Gasteiger partial charge in [0.2, 0.25) is 0 Å². The van der Waals surface area contributed by atoms with Crippen molar-refractivity contribution in [3.63, 3.8) is 0 Å². The molecule has 0 radical (unpaired) electrons. The van der Waals surface area contributed by atoms with Gasteiger partial charge in [-0.05, 0) is 25.1 Å². The number of rotatable bonds is 3. The molecule has 1 saturated heterocycles. The second kappa shape index (κ2) is 6.29. The molecule has 4 atom stereocenters. The van der Waals surface area contributed by atoms with E-state index < -0.39 is 23.7 Å². The van der Waals surface area contributed by atoms with Gasteiger partial charge in [0, 0.05) is 17.5 Å². The lowest BCUT2D eigenvalue weighted by Crippen LogP contribution is -2.50. The van der Waals surface area contributed by atoms with Crippen LogP contribution in [0.1, 0.15) is 5.76 Å². The molecule has 2 aromatic rings. The van der Waals surface area contributed by atoms with Crippen molar-refractivity contribution in [2.45, 2.75) is 30.7 Å². The fourth-order valence-corrected chi connectivity index (χ4v) is 3.35. The van der Waals surface area contributed by atoms with Crippen LogP contribution in [-0.2, 0) is 0 Å². The molecule has 1 fully saturated rings. The highest BCUT2D eigenvalue weighted by molar-refractivity contribution is 7.99. The monoisotopic (exact) mass is 323 g/mol. The number of hydrogen-bond acceptors (Lipinski definition) is 7. The first-order valence-electron chi connectivity index (χ1n) is 6.89. The predicted molar refractivity (Wildman–Crippen MR) is 81.6 cm³/mol. The van der Waals surface area contributed by atoms with Crippen molar-refractivity contribution in [3.05, 3.63) is 36.4 Å². The van der Waals surface area contributed by atoms with Gasteiger partial charge in [0.15, 0.2) is 5.44 Å². The number of hydrogen-bond donors (Lipinski definition) is 3. The summed E-state index contributed by atoms with van der Waals surface area (Å²) in [7, 11) is 0. The van der Waals surface area contributed by atoms with Crippen LogP contribution in [0, 0.1) is 6.92 Å². The van der Waals surface area contributed by atoms with Crippen LogP contribution < -0.4 is 4.74 Å². The third-order valence-electron chi connectivity index (χ3n) is 3.44. The summed E-state index contributed by atoms with van der Waals surface area (Å²) in [5.74, 6) is 2.25. The summed E-state index contributed by atoms with van der Waals surface area (Å²) in [6.45, 7) is 1.86. The van der Waals surface area contributed by atoms with Crippen molar-refractivity contribution < 1.29 is 24.5 Å². The summed E-state index contributed by atoms with van der Waals surface area (Å²) >= 11 is 1.25. The lowest BCUT2D eigenvalue weighted by atomic mass is 10.1. The van der Waals surface area contributed by atoms with Crippen LogP contribution in [0.15, 0.2) is 35.0 Å². The SMILES string of the molecule is Cc1ccc(-c2cncc(O[C@H]3SC[C@@H](O)[C@H](O)[C@H]3O)c2)o1. The van der Waals surface area contributed by atoms with Crippen LogP contribution in [0.25, 0.3) is 11.3 Å².